The molecule has 0 radical (unpaired) electrons. The van der Waals surface area contributed by atoms with Crippen molar-refractivity contribution in [1.29, 1.82) is 0 Å². The average Bonchev–Trinajstić information content (AvgIpc) is 2.94. The molecular weight excluding hydrogens is 319 g/mol. The van der Waals surface area contributed by atoms with Crippen LogP contribution in [0.25, 0.3) is 0 Å². The minimum absolute atomic E-state index is 0.149. The summed E-state index contributed by atoms with van der Waals surface area (Å²) in [7, 11) is 0. The van der Waals surface area contributed by atoms with Gasteiger partial charge in [-0.25, -0.2) is 9.18 Å². The van der Waals surface area contributed by atoms with Gasteiger partial charge in [-0.15, -0.1) is 0 Å². The van der Waals surface area contributed by atoms with Crippen LogP contribution in [0.3, 0.4) is 0 Å². The first-order chi connectivity index (χ1) is 12.2. The normalized spacial score (nSPS) is 16.8. The minimum atomic E-state index is -0.270. The van der Waals surface area contributed by atoms with Crippen LogP contribution in [0.2, 0.25) is 0 Å². The van der Waals surface area contributed by atoms with Gasteiger partial charge in [0.2, 0.25) is 0 Å². The SMILES string of the molecule is O=C(Nc1cc2n(n1)CCCC2)N(Cc1cccc(F)c1)C1CCC1. The van der Waals surface area contributed by atoms with Crippen LogP contribution in [0.15, 0.2) is 30.3 Å². The van der Waals surface area contributed by atoms with Gasteiger partial charge in [-0.05, 0) is 56.2 Å². The van der Waals surface area contributed by atoms with Gasteiger partial charge < -0.3 is 4.90 Å². The van der Waals surface area contributed by atoms with Crippen molar-refractivity contribution in [3.63, 3.8) is 0 Å². The fourth-order valence-electron chi connectivity index (χ4n) is 3.56. The quantitative estimate of drug-likeness (QED) is 0.915. The summed E-state index contributed by atoms with van der Waals surface area (Å²) >= 11 is 0. The van der Waals surface area contributed by atoms with E-state index >= 15 is 0 Å². The Morgan fingerprint density at radius 2 is 2.16 bits per heavy atom. The van der Waals surface area contributed by atoms with Gasteiger partial charge in [0.1, 0.15) is 5.82 Å². The van der Waals surface area contributed by atoms with E-state index in [9.17, 15) is 9.18 Å². The molecule has 1 aliphatic carbocycles. The predicted molar refractivity (Wildman–Crippen MR) is 93.8 cm³/mol. The molecule has 1 saturated carbocycles. The predicted octanol–water partition coefficient (Wildman–Crippen LogP) is 3.95. The molecule has 1 aromatic carbocycles. The van der Waals surface area contributed by atoms with Crippen LogP contribution >= 0.6 is 0 Å². The lowest BCUT2D eigenvalue weighted by Crippen LogP contribution is -2.45. The summed E-state index contributed by atoms with van der Waals surface area (Å²) in [6.45, 7) is 1.34. The number of fused-ring (bicyclic) bond motifs is 1. The number of benzene rings is 1. The van der Waals surface area contributed by atoms with Crippen LogP contribution in [-0.2, 0) is 19.5 Å². The molecule has 5 nitrogen and oxygen atoms in total. The molecule has 0 saturated heterocycles. The number of aromatic nitrogens is 2. The Bertz CT molecular complexity index is 745. The molecule has 2 heterocycles. The number of halogens is 1. The van der Waals surface area contributed by atoms with E-state index in [1.54, 1.807) is 6.07 Å². The Hall–Kier alpha value is -2.37. The number of urea groups is 1. The fourth-order valence-corrected chi connectivity index (χ4v) is 3.56. The highest BCUT2D eigenvalue weighted by molar-refractivity contribution is 5.88. The van der Waals surface area contributed by atoms with E-state index in [1.807, 2.05) is 21.7 Å². The second kappa shape index (κ2) is 6.86. The number of anilines is 1. The van der Waals surface area contributed by atoms with E-state index < -0.39 is 0 Å². The monoisotopic (exact) mass is 342 g/mol. The molecule has 0 bridgehead atoms. The largest absolute Gasteiger partial charge is 0.323 e. The molecular formula is C19H23FN4O. The summed E-state index contributed by atoms with van der Waals surface area (Å²) in [6.07, 6.45) is 6.46. The first-order valence-electron chi connectivity index (χ1n) is 9.08. The Morgan fingerprint density at radius 1 is 1.28 bits per heavy atom. The van der Waals surface area contributed by atoms with Gasteiger partial charge in [-0.1, -0.05) is 12.1 Å². The van der Waals surface area contributed by atoms with E-state index in [4.69, 9.17) is 0 Å². The summed E-state index contributed by atoms with van der Waals surface area (Å²) in [4.78, 5) is 14.6. The number of carbonyl (C=O) groups is 1. The van der Waals surface area contributed by atoms with E-state index in [1.165, 1.54) is 24.2 Å². The zero-order valence-electron chi connectivity index (χ0n) is 14.2. The average molecular weight is 342 g/mol. The van der Waals surface area contributed by atoms with Crippen LogP contribution in [0.5, 0.6) is 0 Å². The molecule has 132 valence electrons. The van der Waals surface area contributed by atoms with Gasteiger partial charge in [-0.2, -0.15) is 5.10 Å². The van der Waals surface area contributed by atoms with Crippen molar-refractivity contribution < 1.29 is 9.18 Å². The lowest BCUT2D eigenvalue weighted by Gasteiger charge is -2.37. The maximum absolute atomic E-state index is 13.5. The summed E-state index contributed by atoms with van der Waals surface area (Å²) in [6, 6.07) is 8.51. The van der Waals surface area contributed by atoms with E-state index in [0.29, 0.717) is 12.4 Å². The smallest absolute Gasteiger partial charge is 0.317 e. The van der Waals surface area contributed by atoms with Crippen molar-refractivity contribution >= 4 is 11.8 Å². The number of rotatable bonds is 4. The van der Waals surface area contributed by atoms with E-state index in [2.05, 4.69) is 10.4 Å². The highest BCUT2D eigenvalue weighted by atomic mass is 19.1. The number of amides is 2. The minimum Gasteiger partial charge on any atom is -0.317 e. The van der Waals surface area contributed by atoms with Crippen molar-refractivity contribution in [1.82, 2.24) is 14.7 Å². The molecule has 4 rings (SSSR count). The highest BCUT2D eigenvalue weighted by Crippen LogP contribution is 2.27. The third-order valence-electron chi connectivity index (χ3n) is 5.17. The van der Waals surface area contributed by atoms with Crippen molar-refractivity contribution in [3.05, 3.63) is 47.4 Å². The van der Waals surface area contributed by atoms with Gasteiger partial charge in [0.15, 0.2) is 5.82 Å². The molecule has 0 atom stereocenters. The van der Waals surface area contributed by atoms with Gasteiger partial charge >= 0.3 is 6.03 Å². The molecule has 1 fully saturated rings. The number of nitrogens with zero attached hydrogens (tertiary/aromatic N) is 3. The number of hydrogen-bond acceptors (Lipinski definition) is 2. The zero-order chi connectivity index (χ0) is 17.2. The third kappa shape index (κ3) is 3.52. The zero-order valence-corrected chi connectivity index (χ0v) is 14.2. The number of nitrogens with one attached hydrogen (secondary N) is 1. The fraction of sp³-hybridized carbons (Fsp3) is 0.474. The summed E-state index contributed by atoms with van der Waals surface area (Å²) in [5.74, 6) is 0.346. The third-order valence-corrected chi connectivity index (χ3v) is 5.17. The number of carbonyl (C=O) groups excluding carboxylic acids is 1. The maximum atomic E-state index is 13.5. The molecule has 0 spiro atoms. The Morgan fingerprint density at radius 3 is 2.88 bits per heavy atom. The molecule has 2 amide bonds. The Balaban J connectivity index is 1.48. The van der Waals surface area contributed by atoms with Crippen LogP contribution < -0.4 is 5.32 Å². The summed E-state index contributed by atoms with van der Waals surface area (Å²) in [5, 5.41) is 7.44. The van der Waals surface area contributed by atoms with Crippen molar-refractivity contribution in [3.8, 4) is 0 Å². The second-order valence-electron chi connectivity index (χ2n) is 6.97. The van der Waals surface area contributed by atoms with Crippen molar-refractivity contribution in [2.24, 2.45) is 0 Å². The van der Waals surface area contributed by atoms with Crippen LogP contribution in [0, 0.1) is 5.82 Å². The highest BCUT2D eigenvalue weighted by Gasteiger charge is 2.29. The summed E-state index contributed by atoms with van der Waals surface area (Å²) < 4.78 is 15.4. The number of hydrogen-bond donors (Lipinski definition) is 1. The molecule has 0 unspecified atom stereocenters. The summed E-state index contributed by atoms with van der Waals surface area (Å²) in [5.41, 5.74) is 1.99. The van der Waals surface area contributed by atoms with Gasteiger partial charge in [0.05, 0.1) is 0 Å². The molecule has 1 aliphatic heterocycles. The molecule has 6 heteroatoms. The van der Waals surface area contributed by atoms with Gasteiger partial charge in [0, 0.05) is 30.9 Å². The maximum Gasteiger partial charge on any atom is 0.323 e. The first-order valence-corrected chi connectivity index (χ1v) is 9.08. The van der Waals surface area contributed by atoms with Gasteiger partial charge in [0.25, 0.3) is 0 Å². The molecule has 1 N–H and O–H groups in total. The Kier molecular flexibility index (Phi) is 4.42. The van der Waals surface area contributed by atoms with Crippen LogP contribution in [0.1, 0.15) is 43.4 Å². The van der Waals surface area contributed by atoms with Crippen molar-refractivity contribution in [2.75, 3.05) is 5.32 Å². The van der Waals surface area contributed by atoms with Gasteiger partial charge in [-0.3, -0.25) is 10.00 Å². The van der Waals surface area contributed by atoms with Crippen molar-refractivity contribution in [2.45, 2.75) is 57.7 Å². The number of aryl methyl sites for hydroxylation is 2. The van der Waals surface area contributed by atoms with Crippen LogP contribution in [0.4, 0.5) is 15.0 Å². The van der Waals surface area contributed by atoms with E-state index in [-0.39, 0.29) is 17.9 Å². The molecule has 25 heavy (non-hydrogen) atoms. The topological polar surface area (TPSA) is 50.2 Å². The lowest BCUT2D eigenvalue weighted by molar-refractivity contribution is 0.143. The van der Waals surface area contributed by atoms with Crippen LogP contribution in [-0.4, -0.2) is 26.8 Å². The molecule has 2 aliphatic rings. The standard InChI is InChI=1S/C19H23FN4O/c20-15-6-3-5-14(11-15)13-23(16-8-4-9-16)19(25)21-18-12-17-7-1-2-10-24(17)22-18/h3,5-6,11-12,16H,1-2,4,7-10,13H2,(H,21,22,25). The van der Waals surface area contributed by atoms with E-state index in [0.717, 1.165) is 44.2 Å². The first kappa shape index (κ1) is 16.1. The second-order valence-corrected chi connectivity index (χ2v) is 6.97. The molecule has 1 aromatic heterocycles. The molecule has 2 aromatic rings. The Labute approximate surface area is 146 Å². The lowest BCUT2D eigenvalue weighted by atomic mass is 9.91.